The van der Waals surface area contributed by atoms with E-state index in [1.165, 1.54) is 25.7 Å². The van der Waals surface area contributed by atoms with E-state index in [-0.39, 0.29) is 0 Å². The van der Waals surface area contributed by atoms with Crippen molar-refractivity contribution in [2.75, 3.05) is 0 Å². The van der Waals surface area contributed by atoms with E-state index in [9.17, 15) is 0 Å². The van der Waals surface area contributed by atoms with Crippen LogP contribution in [0.3, 0.4) is 0 Å². The predicted octanol–water partition coefficient (Wildman–Crippen LogP) is 2.06. The Morgan fingerprint density at radius 3 is 2.57 bits per heavy atom. The maximum Gasteiger partial charge on any atom is 0.00481 e. The Kier molecular flexibility index (Phi) is 2.04. The molecule has 1 fully saturated rings. The van der Waals surface area contributed by atoms with Crippen molar-refractivity contribution in [2.45, 2.75) is 30.9 Å². The van der Waals surface area contributed by atoms with Gasteiger partial charge in [-0.1, -0.05) is 12.8 Å². The maximum atomic E-state index is 4.31. The molecule has 0 bridgehead atoms. The van der Waals surface area contributed by atoms with Crippen LogP contribution in [0.1, 0.15) is 25.7 Å². The van der Waals surface area contributed by atoms with E-state index in [0.717, 1.165) is 0 Å². The van der Waals surface area contributed by atoms with Gasteiger partial charge >= 0.3 is 0 Å². The summed E-state index contributed by atoms with van der Waals surface area (Å²) in [6, 6.07) is 0. The molecule has 0 nitrogen and oxygen atoms in total. The fourth-order valence-corrected chi connectivity index (χ4v) is 1.26. The summed E-state index contributed by atoms with van der Waals surface area (Å²) in [4.78, 5) is 0. The van der Waals surface area contributed by atoms with Crippen molar-refractivity contribution < 1.29 is 0 Å². The summed E-state index contributed by atoms with van der Waals surface area (Å²) < 4.78 is 0. The van der Waals surface area contributed by atoms with Gasteiger partial charge in [0.05, 0.1) is 0 Å². The molecule has 0 aromatic carbocycles. The van der Waals surface area contributed by atoms with Gasteiger partial charge in [-0.05, 0) is 19.3 Å². The van der Waals surface area contributed by atoms with Crippen LogP contribution in [0.15, 0.2) is 0 Å². The van der Waals surface area contributed by atoms with Crippen LogP contribution in [-0.4, -0.2) is 5.25 Å². The molecule has 1 aliphatic carbocycles. The maximum absolute atomic E-state index is 4.31. The molecule has 0 saturated heterocycles. The van der Waals surface area contributed by atoms with Gasteiger partial charge in [-0.3, -0.25) is 0 Å². The van der Waals surface area contributed by atoms with Crippen molar-refractivity contribution in [3.05, 3.63) is 6.42 Å². The first-order valence-corrected chi connectivity index (χ1v) is 3.42. The predicted molar refractivity (Wildman–Crippen MR) is 35.5 cm³/mol. The van der Waals surface area contributed by atoms with E-state index in [2.05, 4.69) is 19.0 Å². The van der Waals surface area contributed by atoms with E-state index in [1.54, 1.807) is 0 Å². The molecule has 0 N–H and O–H groups in total. The zero-order chi connectivity index (χ0) is 5.11. The second-order valence-corrected chi connectivity index (χ2v) is 2.75. The molecular formula is C6H11S. The molecule has 1 radical (unpaired) electrons. The molecule has 1 heteroatoms. The van der Waals surface area contributed by atoms with Crippen molar-refractivity contribution in [3.63, 3.8) is 0 Å². The van der Waals surface area contributed by atoms with Crippen molar-refractivity contribution >= 4 is 12.6 Å². The highest BCUT2D eigenvalue weighted by atomic mass is 32.1. The summed E-state index contributed by atoms with van der Waals surface area (Å²) in [5.74, 6) is 0. The summed E-state index contributed by atoms with van der Waals surface area (Å²) in [6.45, 7) is 0. The average molecular weight is 115 g/mol. The van der Waals surface area contributed by atoms with Crippen molar-refractivity contribution in [1.82, 2.24) is 0 Å². The van der Waals surface area contributed by atoms with Gasteiger partial charge in [0.2, 0.25) is 0 Å². The van der Waals surface area contributed by atoms with Crippen LogP contribution in [0.5, 0.6) is 0 Å². The van der Waals surface area contributed by atoms with Gasteiger partial charge in [-0.15, -0.1) is 0 Å². The molecule has 1 aliphatic rings. The molecule has 1 unspecified atom stereocenters. The summed E-state index contributed by atoms with van der Waals surface area (Å²) in [7, 11) is 0. The van der Waals surface area contributed by atoms with Gasteiger partial charge in [-0.25, -0.2) is 0 Å². The summed E-state index contributed by atoms with van der Waals surface area (Å²) in [6.07, 6.45) is 7.64. The fraction of sp³-hybridized carbons (Fsp3) is 0.833. The Balaban J connectivity index is 2.12. The molecule has 0 aromatic heterocycles. The van der Waals surface area contributed by atoms with E-state index in [0.29, 0.717) is 5.25 Å². The topological polar surface area (TPSA) is 0 Å². The first kappa shape index (κ1) is 5.49. The lowest BCUT2D eigenvalue weighted by Crippen LogP contribution is -2.04. The smallest absolute Gasteiger partial charge is 0.00481 e. The van der Waals surface area contributed by atoms with Gasteiger partial charge < -0.3 is 0 Å². The molecule has 1 saturated carbocycles. The summed E-state index contributed by atoms with van der Waals surface area (Å²) in [5, 5.41) is 0.605. The quantitative estimate of drug-likeness (QED) is 0.459. The normalized spacial score (nSPS) is 25.3. The Morgan fingerprint density at radius 2 is 2.29 bits per heavy atom. The second-order valence-electron chi connectivity index (χ2n) is 2.09. The lowest BCUT2D eigenvalue weighted by atomic mass is 10.0. The highest BCUT2D eigenvalue weighted by Gasteiger charge is 2.07. The molecule has 41 valence electrons. The van der Waals surface area contributed by atoms with Crippen molar-refractivity contribution in [3.8, 4) is 0 Å². The molecule has 0 spiro atoms. The molecule has 7 heavy (non-hydrogen) atoms. The van der Waals surface area contributed by atoms with E-state index >= 15 is 0 Å². The number of hydrogen-bond donors (Lipinski definition) is 1. The van der Waals surface area contributed by atoms with E-state index in [1.807, 2.05) is 0 Å². The molecule has 0 amide bonds. The minimum absolute atomic E-state index is 0.605. The van der Waals surface area contributed by atoms with Crippen LogP contribution < -0.4 is 0 Å². The zero-order valence-electron chi connectivity index (χ0n) is 4.43. The van der Waals surface area contributed by atoms with Gasteiger partial charge in [-0.2, -0.15) is 12.6 Å². The summed E-state index contributed by atoms with van der Waals surface area (Å²) >= 11 is 4.31. The fourth-order valence-electron chi connectivity index (χ4n) is 0.926. The van der Waals surface area contributed by atoms with Crippen molar-refractivity contribution in [1.29, 1.82) is 0 Å². The van der Waals surface area contributed by atoms with Crippen molar-refractivity contribution in [2.24, 2.45) is 0 Å². The van der Waals surface area contributed by atoms with E-state index < -0.39 is 0 Å². The van der Waals surface area contributed by atoms with Crippen LogP contribution in [-0.2, 0) is 0 Å². The lowest BCUT2D eigenvalue weighted by Gasteiger charge is -2.14. The zero-order valence-corrected chi connectivity index (χ0v) is 5.32. The first-order valence-electron chi connectivity index (χ1n) is 2.91. The lowest BCUT2D eigenvalue weighted by molar-refractivity contribution is 0.605. The Bertz CT molecular complexity index is 46.1. The third-order valence-corrected chi connectivity index (χ3v) is 1.86. The minimum atomic E-state index is 0.605. The molecule has 0 aliphatic heterocycles. The van der Waals surface area contributed by atoms with Gasteiger partial charge in [0, 0.05) is 5.25 Å². The minimum Gasteiger partial charge on any atom is -0.176 e. The van der Waals surface area contributed by atoms with Crippen LogP contribution in [0.2, 0.25) is 0 Å². The standard InChI is InChI=1S/C6H11S/c7-6-4-2-1-3-5-6/h4,6-7H,1-3,5H2. The molecule has 0 aromatic rings. The highest BCUT2D eigenvalue weighted by Crippen LogP contribution is 2.20. The molecule has 1 rings (SSSR count). The SMILES string of the molecule is SC1[CH]CCCC1. The van der Waals surface area contributed by atoms with Crippen LogP contribution in [0, 0.1) is 6.42 Å². The highest BCUT2D eigenvalue weighted by molar-refractivity contribution is 7.81. The first-order chi connectivity index (χ1) is 3.39. The third kappa shape index (κ3) is 1.72. The van der Waals surface area contributed by atoms with Crippen LogP contribution in [0.25, 0.3) is 0 Å². The Morgan fingerprint density at radius 1 is 1.43 bits per heavy atom. The van der Waals surface area contributed by atoms with E-state index in [4.69, 9.17) is 0 Å². The largest absolute Gasteiger partial charge is 0.176 e. The average Bonchev–Trinajstić information content (AvgIpc) is 1.69. The molecule has 0 heterocycles. The van der Waals surface area contributed by atoms with Crippen LogP contribution >= 0.6 is 12.6 Å². The molecular weight excluding hydrogens is 104 g/mol. The number of rotatable bonds is 0. The Labute approximate surface area is 50.7 Å². The monoisotopic (exact) mass is 115 g/mol. The summed E-state index contributed by atoms with van der Waals surface area (Å²) in [5.41, 5.74) is 0. The van der Waals surface area contributed by atoms with Gasteiger partial charge in [0.15, 0.2) is 0 Å². The number of hydrogen-bond acceptors (Lipinski definition) is 1. The Hall–Kier alpha value is 0.350. The van der Waals surface area contributed by atoms with Gasteiger partial charge in [0.25, 0.3) is 0 Å². The van der Waals surface area contributed by atoms with Crippen LogP contribution in [0.4, 0.5) is 0 Å². The third-order valence-electron chi connectivity index (χ3n) is 1.39. The number of thiol groups is 1. The second kappa shape index (κ2) is 2.61. The van der Waals surface area contributed by atoms with Gasteiger partial charge in [0.1, 0.15) is 0 Å². The molecule has 1 atom stereocenters.